The van der Waals surface area contributed by atoms with Gasteiger partial charge in [0.2, 0.25) is 21.8 Å². The fourth-order valence-corrected chi connectivity index (χ4v) is 10.3. The summed E-state index contributed by atoms with van der Waals surface area (Å²) in [6.45, 7) is -0.0347. The minimum atomic E-state index is -3.91. The maximum atomic E-state index is 14.8. The number of para-hydroxylation sites is 1. The standard InChI is InChI=1S/C43H49N5O10S/c1-55-27-17-20-30-33(21-27)44-36-31-14-9-10-16-35(31)58-38(36)37(30)56-28-22-34-39(49)46-43(41(51)47-59(53,54)29-18-19-29)23-25(43)11-5-3-2-4-6-15-32(40(50)48(34)24-28)45-42(52)57-26-12-7-8-13-26/h5,9-11,14,16-17,20-21,25-26,28-29,32,34H,2-4,6-8,12-13,15,18-19,22-24H2,1H3,(H,45,52)(H,46,49)(H,47,51)/b11-5-/t25-,28+,32-,34-,43+/m0/s1. The first-order valence-electron chi connectivity index (χ1n) is 20.8. The van der Waals surface area contributed by atoms with Crippen LogP contribution in [0.15, 0.2) is 59.0 Å². The number of aromatic nitrogens is 1. The minimum absolute atomic E-state index is 0.0249. The zero-order chi connectivity index (χ0) is 40.9. The largest absolute Gasteiger partial charge is 0.497 e. The van der Waals surface area contributed by atoms with Crippen molar-refractivity contribution in [2.75, 3.05) is 13.7 Å². The molecule has 2 aromatic heterocycles. The number of pyridine rings is 1. The van der Waals surface area contributed by atoms with Gasteiger partial charge in [0.1, 0.15) is 46.7 Å². The van der Waals surface area contributed by atoms with Crippen LogP contribution in [0.25, 0.3) is 33.0 Å². The Morgan fingerprint density at radius 3 is 2.56 bits per heavy atom. The minimum Gasteiger partial charge on any atom is -0.497 e. The number of ether oxygens (including phenoxy) is 3. The lowest BCUT2D eigenvalue weighted by molar-refractivity contribution is -0.141. The van der Waals surface area contributed by atoms with Gasteiger partial charge in [0, 0.05) is 29.2 Å². The van der Waals surface area contributed by atoms with Crippen LogP contribution < -0.4 is 24.8 Å². The van der Waals surface area contributed by atoms with E-state index in [1.54, 1.807) is 19.2 Å². The van der Waals surface area contributed by atoms with Gasteiger partial charge in [-0.1, -0.05) is 37.1 Å². The summed E-state index contributed by atoms with van der Waals surface area (Å²) in [5.74, 6) is -1.36. The number of carbonyl (C=O) groups excluding carboxylic acids is 4. The molecular weight excluding hydrogens is 779 g/mol. The number of rotatable bonds is 8. The maximum absolute atomic E-state index is 14.8. The van der Waals surface area contributed by atoms with E-state index in [9.17, 15) is 27.6 Å². The molecule has 4 aromatic rings. The first-order chi connectivity index (χ1) is 28.5. The highest BCUT2D eigenvalue weighted by molar-refractivity contribution is 7.91. The lowest BCUT2D eigenvalue weighted by atomic mass is 10.0. The summed E-state index contributed by atoms with van der Waals surface area (Å²) in [6, 6.07) is 10.8. The zero-order valence-corrected chi connectivity index (χ0v) is 33.8. The number of hydrogen-bond donors (Lipinski definition) is 3. The van der Waals surface area contributed by atoms with Crippen LogP contribution >= 0.6 is 0 Å². The topological polar surface area (TPSA) is 195 Å². The molecule has 0 spiro atoms. The Morgan fingerprint density at radius 2 is 1.76 bits per heavy atom. The number of alkyl carbamates (subject to hydrolysis) is 1. The van der Waals surface area contributed by atoms with Crippen LogP contribution in [0.5, 0.6) is 11.5 Å². The molecule has 15 nitrogen and oxygen atoms in total. The Morgan fingerprint density at radius 1 is 0.966 bits per heavy atom. The molecule has 5 aliphatic rings. The maximum Gasteiger partial charge on any atom is 0.408 e. The molecule has 16 heteroatoms. The van der Waals surface area contributed by atoms with Crippen LogP contribution in [0.1, 0.15) is 83.5 Å². The van der Waals surface area contributed by atoms with Gasteiger partial charge < -0.3 is 34.2 Å². The number of nitrogens with zero attached hydrogens (tertiary/aromatic N) is 2. The lowest BCUT2D eigenvalue weighted by Gasteiger charge is -2.30. The molecule has 5 atom stereocenters. The zero-order valence-electron chi connectivity index (χ0n) is 32.9. The summed E-state index contributed by atoms with van der Waals surface area (Å²) in [7, 11) is -2.34. The molecule has 1 saturated heterocycles. The summed E-state index contributed by atoms with van der Waals surface area (Å²) in [6.07, 6.45) is 10.0. The van der Waals surface area contributed by atoms with E-state index in [1.807, 2.05) is 42.5 Å². The van der Waals surface area contributed by atoms with Crippen molar-refractivity contribution in [1.82, 2.24) is 25.2 Å². The predicted octanol–water partition coefficient (Wildman–Crippen LogP) is 5.53. The van der Waals surface area contributed by atoms with Crippen LogP contribution in [-0.4, -0.2) is 90.9 Å². The summed E-state index contributed by atoms with van der Waals surface area (Å²) in [4.78, 5) is 62.9. The highest BCUT2D eigenvalue weighted by atomic mass is 32.2. The number of allylic oxidation sites excluding steroid dienone is 1. The van der Waals surface area contributed by atoms with Crippen molar-refractivity contribution in [3.8, 4) is 11.5 Å². The number of furan rings is 1. The smallest absolute Gasteiger partial charge is 0.408 e. The van der Waals surface area contributed by atoms with Crippen molar-refractivity contribution >= 4 is 66.8 Å². The number of benzene rings is 2. The van der Waals surface area contributed by atoms with Crippen LogP contribution in [0.4, 0.5) is 4.79 Å². The summed E-state index contributed by atoms with van der Waals surface area (Å²) in [5, 5.41) is 6.53. The summed E-state index contributed by atoms with van der Waals surface area (Å²) in [5.41, 5.74) is 0.650. The van der Waals surface area contributed by atoms with Gasteiger partial charge in [-0.3, -0.25) is 19.1 Å². The van der Waals surface area contributed by atoms with Gasteiger partial charge in [-0.2, -0.15) is 0 Å². The number of sulfonamides is 1. The molecule has 2 aliphatic heterocycles. The molecule has 4 fully saturated rings. The van der Waals surface area contributed by atoms with Crippen LogP contribution in [0, 0.1) is 5.92 Å². The van der Waals surface area contributed by atoms with Gasteiger partial charge in [0.25, 0.3) is 5.91 Å². The van der Waals surface area contributed by atoms with E-state index in [0.29, 0.717) is 71.2 Å². The van der Waals surface area contributed by atoms with Gasteiger partial charge >= 0.3 is 6.09 Å². The second-order valence-electron chi connectivity index (χ2n) is 16.6. The average molecular weight is 828 g/mol. The van der Waals surface area contributed by atoms with E-state index in [-0.39, 0.29) is 25.5 Å². The van der Waals surface area contributed by atoms with Crippen molar-refractivity contribution in [2.45, 2.75) is 119 Å². The lowest BCUT2D eigenvalue weighted by Crippen LogP contribution is -2.58. The first kappa shape index (κ1) is 39.1. The normalized spacial score (nSPS) is 27.3. The fraction of sp³-hybridized carbons (Fsp3) is 0.512. The molecule has 3 saturated carbocycles. The van der Waals surface area contributed by atoms with Crippen LogP contribution in [0.2, 0.25) is 0 Å². The quantitative estimate of drug-likeness (QED) is 0.189. The third-order valence-corrected chi connectivity index (χ3v) is 14.3. The molecule has 3 N–H and O–H groups in total. The predicted molar refractivity (Wildman–Crippen MR) is 217 cm³/mol. The number of nitrogens with one attached hydrogen (secondary N) is 3. The van der Waals surface area contributed by atoms with Crippen molar-refractivity contribution < 1.29 is 46.2 Å². The Bertz CT molecular complexity index is 2460. The number of carbonyl (C=O) groups is 4. The summed E-state index contributed by atoms with van der Waals surface area (Å²) >= 11 is 0. The molecule has 0 radical (unpaired) electrons. The Hall–Kier alpha value is -5.38. The highest BCUT2D eigenvalue weighted by Gasteiger charge is 2.62. The first-order valence-corrected chi connectivity index (χ1v) is 22.4. The van der Waals surface area contributed by atoms with E-state index >= 15 is 0 Å². The van der Waals surface area contributed by atoms with E-state index in [1.165, 1.54) is 4.90 Å². The van der Waals surface area contributed by atoms with Gasteiger partial charge in [0.05, 0.1) is 24.4 Å². The van der Waals surface area contributed by atoms with Crippen LogP contribution in [-0.2, 0) is 29.1 Å². The van der Waals surface area contributed by atoms with Gasteiger partial charge in [-0.25, -0.2) is 18.2 Å². The molecule has 312 valence electrons. The average Bonchev–Trinajstić information content (AvgIpc) is 4.04. The number of fused-ring (bicyclic) bond motifs is 6. The molecule has 4 amide bonds. The Balaban J connectivity index is 1.07. The third kappa shape index (κ3) is 7.78. The molecular formula is C43H49N5O10S. The number of methoxy groups -OCH3 is 1. The van der Waals surface area contributed by atoms with Crippen molar-refractivity contribution in [3.63, 3.8) is 0 Å². The second-order valence-corrected chi connectivity index (χ2v) is 18.6. The Kier molecular flexibility index (Phi) is 10.4. The van der Waals surface area contributed by atoms with E-state index in [0.717, 1.165) is 43.9 Å². The van der Waals surface area contributed by atoms with Crippen molar-refractivity contribution in [1.29, 1.82) is 0 Å². The highest BCUT2D eigenvalue weighted by Crippen LogP contribution is 2.46. The molecule has 59 heavy (non-hydrogen) atoms. The van der Waals surface area contributed by atoms with E-state index in [2.05, 4.69) is 15.4 Å². The van der Waals surface area contributed by atoms with Crippen molar-refractivity contribution in [3.05, 3.63) is 54.6 Å². The van der Waals surface area contributed by atoms with E-state index in [4.69, 9.17) is 23.6 Å². The molecule has 0 bridgehead atoms. The van der Waals surface area contributed by atoms with Gasteiger partial charge in [0.15, 0.2) is 11.3 Å². The van der Waals surface area contributed by atoms with Gasteiger partial charge in [-0.05, 0) is 88.5 Å². The van der Waals surface area contributed by atoms with E-state index < -0.39 is 68.7 Å². The fourth-order valence-electron chi connectivity index (χ4n) is 8.93. The molecule has 2 aromatic carbocycles. The Labute approximate surface area is 341 Å². The molecule has 9 rings (SSSR count). The SMILES string of the molecule is COc1ccc2c(O[C@@H]3C[C@H]4C(=O)N[C@]5(C(=O)NS(=O)(=O)C6CC6)C[C@@H]5/C=C\CCCCC[C@H](NC(=O)OC5CCCC5)C(=O)N4C3)c3oc4ccccc4c3nc2c1. The number of amides is 4. The molecule has 0 unspecified atom stereocenters. The van der Waals surface area contributed by atoms with Gasteiger partial charge in [-0.15, -0.1) is 0 Å². The monoisotopic (exact) mass is 827 g/mol. The molecule has 3 aliphatic carbocycles. The number of hydrogen-bond acceptors (Lipinski definition) is 11. The summed E-state index contributed by atoms with van der Waals surface area (Å²) < 4.78 is 52.5. The second kappa shape index (κ2) is 15.7. The van der Waals surface area contributed by atoms with Crippen LogP contribution in [0.3, 0.4) is 0 Å². The third-order valence-electron chi connectivity index (χ3n) is 12.5. The van der Waals surface area contributed by atoms with Crippen molar-refractivity contribution in [2.24, 2.45) is 5.92 Å². The molecule has 4 heterocycles.